The van der Waals surface area contributed by atoms with E-state index in [1.54, 1.807) is 17.0 Å². The molecule has 1 aliphatic rings. The molecule has 1 fully saturated rings. The molecule has 0 radical (unpaired) electrons. The van der Waals surface area contributed by atoms with Crippen molar-refractivity contribution < 1.29 is 27.8 Å². The first-order valence-electron chi connectivity index (χ1n) is 14.1. The van der Waals surface area contributed by atoms with Crippen LogP contribution in [0.3, 0.4) is 0 Å². The number of nitrogens with zero attached hydrogens (tertiary/aromatic N) is 2. The first-order chi connectivity index (χ1) is 20.7. The highest BCUT2D eigenvalue weighted by Gasteiger charge is 2.33. The molecule has 2 heterocycles. The minimum atomic E-state index is -0.673. The Kier molecular flexibility index (Phi) is 9.59. The van der Waals surface area contributed by atoms with Crippen molar-refractivity contribution >= 4 is 44.9 Å². The maximum Gasteiger partial charge on any atom is 0.356 e. The van der Waals surface area contributed by atoms with E-state index in [2.05, 4.69) is 10.3 Å². The Balaban J connectivity index is 1.57. The topological polar surface area (TPSA) is 80.8 Å². The number of benzene rings is 2. The van der Waals surface area contributed by atoms with Gasteiger partial charge in [-0.05, 0) is 87.2 Å². The van der Waals surface area contributed by atoms with Crippen LogP contribution in [-0.4, -0.2) is 54.6 Å². The summed E-state index contributed by atoms with van der Waals surface area (Å²) in [5.41, 5.74) is 2.45. The molecule has 11 heteroatoms. The smallest absolute Gasteiger partial charge is 0.356 e. The van der Waals surface area contributed by atoms with Gasteiger partial charge in [0, 0.05) is 30.4 Å². The third kappa shape index (κ3) is 6.37. The quantitative estimate of drug-likeness (QED) is 0.197. The maximum absolute atomic E-state index is 14.7. The number of hydrogen-bond acceptors (Lipinski definition) is 7. The lowest BCUT2D eigenvalue weighted by Crippen LogP contribution is -2.44. The summed E-state index contributed by atoms with van der Waals surface area (Å²) >= 11 is 7.45. The predicted octanol–water partition coefficient (Wildman–Crippen LogP) is 7.25. The van der Waals surface area contributed by atoms with Gasteiger partial charge in [-0.15, -0.1) is 11.3 Å². The van der Waals surface area contributed by atoms with Crippen molar-refractivity contribution in [2.75, 3.05) is 20.8 Å². The normalized spacial score (nSPS) is 16.7. The number of esters is 1. The number of aromatic nitrogens is 1. The van der Waals surface area contributed by atoms with Gasteiger partial charge < -0.3 is 19.7 Å². The number of methoxy groups -OCH3 is 1. The number of hydrogen-bond donors (Lipinski definition) is 1. The van der Waals surface area contributed by atoms with Crippen LogP contribution in [0.4, 0.5) is 8.78 Å². The molecular weight excluding hydrogens is 596 g/mol. The molecule has 1 aliphatic carbocycles. The van der Waals surface area contributed by atoms with Crippen molar-refractivity contribution in [3.8, 4) is 16.9 Å². The van der Waals surface area contributed by atoms with Crippen LogP contribution in [0.15, 0.2) is 48.7 Å². The van der Waals surface area contributed by atoms with E-state index in [0.29, 0.717) is 18.4 Å². The van der Waals surface area contributed by atoms with Crippen molar-refractivity contribution in [1.29, 1.82) is 0 Å². The maximum atomic E-state index is 14.7. The Labute approximate surface area is 257 Å². The molecule has 7 nitrogen and oxygen atoms in total. The summed E-state index contributed by atoms with van der Waals surface area (Å²) in [5, 5.41) is 3.16. The third-order valence-corrected chi connectivity index (χ3v) is 9.55. The fourth-order valence-electron chi connectivity index (χ4n) is 5.60. The molecule has 5 rings (SSSR count). The highest BCUT2D eigenvalue weighted by atomic mass is 35.5. The number of thiophene rings is 1. The number of pyridine rings is 1. The number of ether oxygens (including phenoxy) is 2. The monoisotopic (exact) mass is 627 g/mol. The van der Waals surface area contributed by atoms with Crippen LogP contribution in [0.5, 0.6) is 5.75 Å². The van der Waals surface area contributed by atoms with E-state index >= 15 is 0 Å². The lowest BCUT2D eigenvalue weighted by Gasteiger charge is -2.37. The second-order valence-corrected chi connectivity index (χ2v) is 11.8. The average Bonchev–Trinajstić information content (AvgIpc) is 3.40. The molecule has 1 saturated carbocycles. The molecule has 43 heavy (non-hydrogen) atoms. The van der Waals surface area contributed by atoms with Crippen LogP contribution < -0.4 is 10.1 Å². The van der Waals surface area contributed by atoms with Gasteiger partial charge in [-0.1, -0.05) is 17.7 Å². The summed E-state index contributed by atoms with van der Waals surface area (Å²) in [4.78, 5) is 32.3. The van der Waals surface area contributed by atoms with Crippen LogP contribution in [0.25, 0.3) is 21.2 Å². The first-order valence-corrected chi connectivity index (χ1v) is 15.3. The fraction of sp³-hybridized carbons (Fsp3) is 0.344. The van der Waals surface area contributed by atoms with Gasteiger partial charge >= 0.3 is 5.97 Å². The Morgan fingerprint density at radius 2 is 1.79 bits per heavy atom. The van der Waals surface area contributed by atoms with Crippen molar-refractivity contribution in [3.63, 3.8) is 0 Å². The average molecular weight is 628 g/mol. The fourth-order valence-corrected chi connectivity index (χ4v) is 7.10. The van der Waals surface area contributed by atoms with Crippen LogP contribution >= 0.6 is 22.9 Å². The Morgan fingerprint density at radius 1 is 1.07 bits per heavy atom. The van der Waals surface area contributed by atoms with E-state index in [9.17, 15) is 18.4 Å². The molecule has 2 aromatic heterocycles. The summed E-state index contributed by atoms with van der Waals surface area (Å²) < 4.78 is 40.2. The predicted molar refractivity (Wildman–Crippen MR) is 164 cm³/mol. The van der Waals surface area contributed by atoms with Gasteiger partial charge in [-0.2, -0.15) is 0 Å². The lowest BCUT2D eigenvalue weighted by atomic mass is 9.89. The van der Waals surface area contributed by atoms with E-state index < -0.39 is 17.6 Å². The molecule has 226 valence electrons. The molecule has 2 aromatic carbocycles. The van der Waals surface area contributed by atoms with Crippen molar-refractivity contribution in [1.82, 2.24) is 15.2 Å². The number of fused-ring (bicyclic) bond motifs is 1. The van der Waals surface area contributed by atoms with E-state index in [0.717, 1.165) is 65.8 Å². The number of carbonyl (C=O) groups is 2. The second-order valence-electron chi connectivity index (χ2n) is 10.4. The summed E-state index contributed by atoms with van der Waals surface area (Å²) in [6, 6.07) is 11.4. The molecule has 0 saturated heterocycles. The summed E-state index contributed by atoms with van der Waals surface area (Å²) in [6.07, 6.45) is 4.79. The molecule has 0 spiro atoms. The summed E-state index contributed by atoms with van der Waals surface area (Å²) in [5.74, 6) is -1.63. The van der Waals surface area contributed by atoms with E-state index in [1.165, 1.54) is 13.3 Å². The third-order valence-electron chi connectivity index (χ3n) is 7.87. The van der Waals surface area contributed by atoms with Crippen LogP contribution in [0.2, 0.25) is 5.02 Å². The van der Waals surface area contributed by atoms with Crippen LogP contribution in [0.1, 0.15) is 58.3 Å². The Morgan fingerprint density at radius 3 is 2.47 bits per heavy atom. The van der Waals surface area contributed by atoms with Crippen molar-refractivity contribution in [2.24, 2.45) is 0 Å². The summed E-state index contributed by atoms with van der Waals surface area (Å²) in [6.45, 7) is 2.47. The minimum Gasteiger partial charge on any atom is -0.494 e. The number of nitrogens with one attached hydrogen (secondary N) is 1. The molecule has 0 aliphatic heterocycles. The summed E-state index contributed by atoms with van der Waals surface area (Å²) in [7, 11) is 3.23. The first kappa shape index (κ1) is 30.8. The van der Waals surface area contributed by atoms with Crippen LogP contribution in [-0.2, 0) is 11.3 Å². The number of carbonyl (C=O) groups excluding carboxylic acids is 2. The van der Waals surface area contributed by atoms with Crippen molar-refractivity contribution in [3.05, 3.63) is 81.5 Å². The van der Waals surface area contributed by atoms with Gasteiger partial charge in [0.15, 0.2) is 0 Å². The van der Waals surface area contributed by atoms with Gasteiger partial charge in [-0.3, -0.25) is 4.79 Å². The second kappa shape index (κ2) is 13.4. The Bertz CT molecular complexity index is 1660. The SMILES string of the molecule is CCOc1ccc(-c2ccnc(C(=O)OC)c2)cc1CN(C(=O)c1sc2c(F)ccc(F)c2c1Cl)C1CCC(NC)CC1. The van der Waals surface area contributed by atoms with Gasteiger partial charge in [-0.25, -0.2) is 18.6 Å². The molecule has 4 aromatic rings. The van der Waals surface area contributed by atoms with Gasteiger partial charge in [0.2, 0.25) is 0 Å². The Hall–Kier alpha value is -3.60. The molecule has 0 atom stereocenters. The van der Waals surface area contributed by atoms with Gasteiger partial charge in [0.05, 0.1) is 28.8 Å². The molecular formula is C32H32ClF2N3O4S. The lowest BCUT2D eigenvalue weighted by molar-refractivity contribution is 0.0589. The number of halogens is 3. The van der Waals surface area contributed by atoms with Crippen LogP contribution in [0, 0.1) is 11.6 Å². The molecule has 1 N–H and O–H groups in total. The minimum absolute atomic E-state index is 0.0169. The van der Waals surface area contributed by atoms with Gasteiger partial charge in [0.25, 0.3) is 5.91 Å². The molecule has 0 unspecified atom stereocenters. The standard InChI is InChI=1S/C32H32ClF2N3O4S/c1-4-42-26-12-5-18(19-13-14-37-25(16-19)32(40)41-3)15-20(26)17-38(22-8-6-21(36-2)7-9-22)31(39)30-28(33)27-23(34)10-11-24(35)29(27)43-30/h5,10-16,21-22,36H,4,6-9,17H2,1-3H3. The van der Waals surface area contributed by atoms with E-state index in [1.807, 2.05) is 32.2 Å². The number of amides is 1. The van der Waals surface area contributed by atoms with Gasteiger partial charge in [0.1, 0.15) is 28.0 Å². The highest BCUT2D eigenvalue weighted by Crippen LogP contribution is 2.40. The zero-order valence-electron chi connectivity index (χ0n) is 24.1. The highest BCUT2D eigenvalue weighted by molar-refractivity contribution is 7.21. The molecule has 0 bridgehead atoms. The zero-order valence-corrected chi connectivity index (χ0v) is 25.7. The number of rotatable bonds is 9. The largest absolute Gasteiger partial charge is 0.494 e. The van der Waals surface area contributed by atoms with Crippen molar-refractivity contribution in [2.45, 2.75) is 51.2 Å². The van der Waals surface area contributed by atoms with E-state index in [-0.39, 0.29) is 44.2 Å². The molecule has 1 amide bonds. The van der Waals surface area contributed by atoms with E-state index in [4.69, 9.17) is 21.1 Å². The zero-order chi connectivity index (χ0) is 30.7.